The van der Waals surface area contributed by atoms with Gasteiger partial charge < -0.3 is 23.8 Å². The van der Waals surface area contributed by atoms with Crippen LogP contribution in [0.4, 0.5) is 4.79 Å². The molecule has 0 amide bonds. The number of hydrogen-bond acceptors (Lipinski definition) is 8. The van der Waals surface area contributed by atoms with Gasteiger partial charge in [-0.05, 0) is 19.1 Å². The van der Waals surface area contributed by atoms with Gasteiger partial charge in [-0.15, -0.1) is 10.1 Å². The molecule has 1 aromatic rings. The molecular weight excluding hydrogens is 286 g/mol. The number of carbonyl (C=O) groups is 1. The average molecular weight is 301 g/mol. The smallest absolute Gasteiger partial charge is 0.493 e. The molecule has 1 rings (SSSR count). The second kappa shape index (κ2) is 8.46. The van der Waals surface area contributed by atoms with Crippen molar-refractivity contribution in [2.45, 2.75) is 6.92 Å². The van der Waals surface area contributed by atoms with Crippen molar-refractivity contribution in [3.63, 3.8) is 0 Å². The van der Waals surface area contributed by atoms with Crippen LogP contribution in [0, 0.1) is 10.1 Å². The molecule has 9 nitrogen and oxygen atoms in total. The molecule has 0 bridgehead atoms. The fourth-order valence-electron chi connectivity index (χ4n) is 1.34. The Morgan fingerprint density at radius 3 is 2.67 bits per heavy atom. The van der Waals surface area contributed by atoms with Gasteiger partial charge in [0.25, 0.3) is 5.09 Å². The molecule has 0 aliphatic rings. The van der Waals surface area contributed by atoms with E-state index in [2.05, 4.69) is 9.57 Å². The van der Waals surface area contributed by atoms with Gasteiger partial charge in [0, 0.05) is 6.07 Å². The Bertz CT molecular complexity index is 490. The lowest BCUT2D eigenvalue weighted by molar-refractivity contribution is -0.757. The van der Waals surface area contributed by atoms with Crippen LogP contribution in [0.15, 0.2) is 18.2 Å². The first-order valence-electron chi connectivity index (χ1n) is 5.99. The van der Waals surface area contributed by atoms with Gasteiger partial charge in [-0.25, -0.2) is 4.79 Å². The first-order chi connectivity index (χ1) is 10.1. The summed E-state index contributed by atoms with van der Waals surface area (Å²) >= 11 is 0. The van der Waals surface area contributed by atoms with Crippen LogP contribution in [-0.4, -0.2) is 38.2 Å². The maximum Gasteiger partial charge on any atom is 0.513 e. The highest BCUT2D eigenvalue weighted by Crippen LogP contribution is 2.31. The van der Waals surface area contributed by atoms with Crippen molar-refractivity contribution in [1.29, 1.82) is 0 Å². The molecule has 21 heavy (non-hydrogen) atoms. The van der Waals surface area contributed by atoms with Crippen LogP contribution >= 0.6 is 0 Å². The summed E-state index contributed by atoms with van der Waals surface area (Å²) in [6.45, 7) is 1.54. The van der Waals surface area contributed by atoms with Crippen LogP contribution < -0.4 is 14.2 Å². The second-order valence-electron chi connectivity index (χ2n) is 3.50. The molecule has 0 atom stereocenters. The molecular formula is C12H15NO8. The zero-order valence-corrected chi connectivity index (χ0v) is 11.6. The fraction of sp³-hybridized carbons (Fsp3) is 0.417. The van der Waals surface area contributed by atoms with Crippen LogP contribution in [0.25, 0.3) is 0 Å². The number of nitrogens with zero attached hydrogens (tertiary/aromatic N) is 1. The van der Waals surface area contributed by atoms with Gasteiger partial charge in [-0.1, -0.05) is 0 Å². The Kier molecular flexibility index (Phi) is 6.58. The normalized spacial score (nSPS) is 9.62. The summed E-state index contributed by atoms with van der Waals surface area (Å²) in [5, 5.41) is 9.09. The molecule has 0 aliphatic carbocycles. The van der Waals surface area contributed by atoms with Gasteiger partial charge in [-0.3, -0.25) is 0 Å². The summed E-state index contributed by atoms with van der Waals surface area (Å²) in [7, 11) is 1.43. The number of hydrogen-bond donors (Lipinski definition) is 0. The molecule has 0 unspecified atom stereocenters. The van der Waals surface area contributed by atoms with Crippen molar-refractivity contribution in [2.75, 3.05) is 26.9 Å². The third-order valence-corrected chi connectivity index (χ3v) is 2.14. The highest BCUT2D eigenvalue weighted by Gasteiger charge is 2.10. The Morgan fingerprint density at radius 2 is 2.05 bits per heavy atom. The molecule has 1 aromatic carbocycles. The van der Waals surface area contributed by atoms with Crippen molar-refractivity contribution in [2.24, 2.45) is 0 Å². The van der Waals surface area contributed by atoms with E-state index < -0.39 is 11.2 Å². The predicted octanol–water partition coefficient (Wildman–Crippen LogP) is 1.82. The van der Waals surface area contributed by atoms with E-state index in [1.807, 2.05) is 0 Å². The predicted molar refractivity (Wildman–Crippen MR) is 69.1 cm³/mol. The number of carbonyl (C=O) groups excluding carboxylic acids is 1. The molecule has 0 radical (unpaired) electrons. The Balaban J connectivity index is 2.66. The topological polar surface area (TPSA) is 106 Å². The molecule has 9 heteroatoms. The zero-order valence-electron chi connectivity index (χ0n) is 11.6. The van der Waals surface area contributed by atoms with Crippen molar-refractivity contribution in [1.82, 2.24) is 0 Å². The van der Waals surface area contributed by atoms with Crippen molar-refractivity contribution < 1.29 is 33.7 Å². The molecule has 0 fully saturated rings. The van der Waals surface area contributed by atoms with Crippen molar-refractivity contribution in [3.05, 3.63) is 28.3 Å². The van der Waals surface area contributed by atoms with Crippen molar-refractivity contribution >= 4 is 6.16 Å². The molecule has 0 saturated carbocycles. The fourth-order valence-corrected chi connectivity index (χ4v) is 1.34. The van der Waals surface area contributed by atoms with E-state index >= 15 is 0 Å². The summed E-state index contributed by atoms with van der Waals surface area (Å²) in [4.78, 5) is 25.3. The van der Waals surface area contributed by atoms with Crippen LogP contribution in [0.1, 0.15) is 6.92 Å². The number of benzene rings is 1. The average Bonchev–Trinajstić information content (AvgIpc) is 2.44. The molecule has 0 N–H and O–H groups in total. The highest BCUT2D eigenvalue weighted by molar-refractivity contribution is 5.64. The maximum absolute atomic E-state index is 11.2. The lowest BCUT2D eigenvalue weighted by Gasteiger charge is -2.12. The van der Waals surface area contributed by atoms with Gasteiger partial charge in [-0.2, -0.15) is 0 Å². The third-order valence-electron chi connectivity index (χ3n) is 2.14. The van der Waals surface area contributed by atoms with E-state index in [4.69, 9.17) is 14.2 Å². The van der Waals surface area contributed by atoms with Gasteiger partial charge in [0.1, 0.15) is 19.0 Å². The summed E-state index contributed by atoms with van der Waals surface area (Å²) in [6.07, 6.45) is -0.842. The van der Waals surface area contributed by atoms with Gasteiger partial charge in [0.2, 0.25) is 0 Å². The minimum absolute atomic E-state index is 0.0692. The Hall–Kier alpha value is -2.71. The van der Waals surface area contributed by atoms with Crippen LogP contribution in [0.3, 0.4) is 0 Å². The SMILES string of the molecule is CCOC(=O)Oc1ccc(OC)c(OCCO[N+](=O)[O-])c1. The Morgan fingerprint density at radius 1 is 1.29 bits per heavy atom. The lowest BCUT2D eigenvalue weighted by Crippen LogP contribution is -2.12. The van der Waals surface area contributed by atoms with Gasteiger partial charge >= 0.3 is 6.16 Å². The molecule has 0 spiro atoms. The zero-order chi connectivity index (χ0) is 15.7. The van der Waals surface area contributed by atoms with E-state index in [0.717, 1.165) is 0 Å². The molecule has 0 heterocycles. The number of ether oxygens (including phenoxy) is 4. The van der Waals surface area contributed by atoms with Crippen molar-refractivity contribution in [3.8, 4) is 17.2 Å². The minimum atomic E-state index is -0.916. The maximum atomic E-state index is 11.2. The van der Waals surface area contributed by atoms with E-state index in [1.165, 1.54) is 25.3 Å². The summed E-state index contributed by atoms with van der Waals surface area (Å²) in [5.74, 6) is 0.831. The quantitative estimate of drug-likeness (QED) is 0.235. The van der Waals surface area contributed by atoms with Crippen LogP contribution in [0.5, 0.6) is 17.2 Å². The minimum Gasteiger partial charge on any atom is -0.493 e. The standard InChI is InChI=1S/C12H15NO8/c1-3-18-12(14)21-9-4-5-10(17-2)11(8-9)19-6-7-20-13(15)16/h4-5,8H,3,6-7H2,1-2H3. The largest absolute Gasteiger partial charge is 0.513 e. The first kappa shape index (κ1) is 16.3. The van der Waals surface area contributed by atoms with E-state index in [1.54, 1.807) is 6.92 Å². The number of rotatable bonds is 8. The molecule has 116 valence electrons. The lowest BCUT2D eigenvalue weighted by atomic mass is 10.3. The Labute approximate surface area is 120 Å². The highest BCUT2D eigenvalue weighted by atomic mass is 17.0. The van der Waals surface area contributed by atoms with Crippen LogP contribution in [0.2, 0.25) is 0 Å². The van der Waals surface area contributed by atoms with E-state index in [9.17, 15) is 14.9 Å². The molecule has 0 aromatic heterocycles. The van der Waals surface area contributed by atoms with E-state index in [0.29, 0.717) is 5.75 Å². The summed E-state index contributed by atoms with van der Waals surface area (Å²) in [5.41, 5.74) is 0. The summed E-state index contributed by atoms with van der Waals surface area (Å²) in [6, 6.07) is 4.43. The molecule has 0 saturated heterocycles. The van der Waals surface area contributed by atoms with Gasteiger partial charge in [0.05, 0.1) is 13.7 Å². The summed E-state index contributed by atoms with van der Waals surface area (Å²) < 4.78 is 19.9. The molecule has 0 aliphatic heterocycles. The monoisotopic (exact) mass is 301 g/mol. The first-order valence-corrected chi connectivity index (χ1v) is 5.99. The third kappa shape index (κ3) is 5.85. The van der Waals surface area contributed by atoms with Crippen LogP contribution in [-0.2, 0) is 9.57 Å². The second-order valence-corrected chi connectivity index (χ2v) is 3.50. The number of methoxy groups -OCH3 is 1. The van der Waals surface area contributed by atoms with E-state index in [-0.39, 0.29) is 31.3 Å². The van der Waals surface area contributed by atoms with Gasteiger partial charge in [0.15, 0.2) is 11.5 Å².